The first-order valence-electron chi connectivity index (χ1n) is 23.1. The summed E-state index contributed by atoms with van der Waals surface area (Å²) in [6.45, 7) is 0. The molecule has 3 aliphatic carbocycles. The van der Waals surface area contributed by atoms with Crippen LogP contribution in [0.2, 0.25) is 0 Å². The van der Waals surface area contributed by atoms with Crippen LogP contribution >= 0.6 is 0 Å². The second-order valence-corrected chi connectivity index (χ2v) is 17.5. The second-order valence-electron chi connectivity index (χ2n) is 17.5. The molecule has 8 aromatic carbocycles. The molecule has 0 N–H and O–H groups in total. The van der Waals surface area contributed by atoms with Gasteiger partial charge in [-0.05, 0) is 143 Å². The first-order valence-corrected chi connectivity index (χ1v) is 23.1. The van der Waals surface area contributed by atoms with Gasteiger partial charge in [-0.25, -0.2) is 0 Å². The third kappa shape index (κ3) is 7.10. The molecule has 0 saturated carbocycles. The topological polar surface area (TPSA) is 11.4 Å². The van der Waals surface area contributed by atoms with Crippen LogP contribution in [-0.2, 0) is 0 Å². The molecule has 1 heterocycles. The lowest BCUT2D eigenvalue weighted by Crippen LogP contribution is -2.29. The Morgan fingerprint density at radius 2 is 1.06 bits per heavy atom. The van der Waals surface area contributed by atoms with E-state index in [4.69, 9.17) is 0 Å². The van der Waals surface area contributed by atoms with Crippen LogP contribution in [0.25, 0.3) is 65.7 Å². The van der Waals surface area contributed by atoms with Crippen LogP contribution in [-0.4, -0.2) is 10.6 Å². The summed E-state index contributed by atoms with van der Waals surface area (Å²) in [6.07, 6.45) is 27.6. The average molecular weight is 836 g/mol. The smallest absolute Gasteiger partial charge is 0.0559 e. The van der Waals surface area contributed by atoms with Crippen molar-refractivity contribution in [2.75, 3.05) is 9.80 Å². The number of fused-ring (bicyclic) bond motifs is 6. The summed E-state index contributed by atoms with van der Waals surface area (Å²) < 4.78 is 2.52. The summed E-state index contributed by atoms with van der Waals surface area (Å²) in [7, 11) is 0. The van der Waals surface area contributed by atoms with E-state index in [0.717, 1.165) is 37.8 Å². The number of hydrogen-bond acceptors (Lipinski definition) is 2. The number of nitrogens with zero attached hydrogens (tertiary/aromatic N) is 3. The highest BCUT2D eigenvalue weighted by Crippen LogP contribution is 2.44. The molecule has 3 heteroatoms. The second kappa shape index (κ2) is 16.7. The van der Waals surface area contributed by atoms with Gasteiger partial charge in [0.15, 0.2) is 0 Å². The lowest BCUT2D eigenvalue weighted by molar-refractivity contribution is 0.785. The van der Waals surface area contributed by atoms with E-state index in [0.29, 0.717) is 0 Å². The fourth-order valence-electron chi connectivity index (χ4n) is 10.4. The highest BCUT2D eigenvalue weighted by atomic mass is 15.2. The zero-order chi connectivity index (χ0) is 43.1. The van der Waals surface area contributed by atoms with Crippen molar-refractivity contribution in [2.24, 2.45) is 0 Å². The molecule has 312 valence electrons. The summed E-state index contributed by atoms with van der Waals surface area (Å²) in [5.74, 6) is 0. The van der Waals surface area contributed by atoms with Crippen LogP contribution in [0.1, 0.15) is 37.7 Å². The van der Waals surface area contributed by atoms with Crippen LogP contribution in [0.15, 0.2) is 236 Å². The highest BCUT2D eigenvalue weighted by Gasteiger charge is 2.24. The minimum Gasteiger partial charge on any atom is -0.334 e. The zero-order valence-corrected chi connectivity index (χ0v) is 36.4. The van der Waals surface area contributed by atoms with Gasteiger partial charge >= 0.3 is 0 Å². The van der Waals surface area contributed by atoms with Crippen LogP contribution in [0.5, 0.6) is 0 Å². The molecular weight excluding hydrogens is 787 g/mol. The molecule has 0 aliphatic heterocycles. The van der Waals surface area contributed by atoms with E-state index in [9.17, 15) is 0 Å². The summed E-state index contributed by atoms with van der Waals surface area (Å²) in [5, 5.41) is 7.46. The number of aromatic nitrogens is 1. The van der Waals surface area contributed by atoms with Gasteiger partial charge in [-0.3, -0.25) is 0 Å². The molecule has 1 aromatic heterocycles. The molecule has 0 saturated heterocycles. The molecule has 0 amide bonds. The standard InChI is InChI=1S/C62H49N3/c1-5-17-44(18-6-1)46-29-33-51(34-30-46)63(49-22-9-3-10-23-49)53-37-39-60-58(42-53)59-43-54(64(50-24-11-4-12-25-50)52-35-31-47(32-36-52)45-19-7-2-8-20-45)38-40-61(59)65(60)62-41-48-21-13-14-26-55(48)56-27-15-16-28-57(56)62/h1-7,9-11,13-19,21-22,24,26-43,49H,8,12,20,23,25H2. The van der Waals surface area contributed by atoms with Gasteiger partial charge in [-0.1, -0.05) is 158 Å². The predicted octanol–water partition coefficient (Wildman–Crippen LogP) is 16.9. The summed E-state index contributed by atoms with van der Waals surface area (Å²) in [4.78, 5) is 5.01. The lowest BCUT2D eigenvalue weighted by Gasteiger charge is -2.33. The summed E-state index contributed by atoms with van der Waals surface area (Å²) in [5.41, 5.74) is 14.7. The normalized spacial score (nSPS) is 15.8. The average Bonchev–Trinajstić information content (AvgIpc) is 3.70. The van der Waals surface area contributed by atoms with Crippen molar-refractivity contribution in [2.45, 2.75) is 38.1 Å². The maximum absolute atomic E-state index is 2.53. The maximum atomic E-state index is 2.53. The van der Waals surface area contributed by atoms with E-state index in [1.807, 2.05) is 0 Å². The Morgan fingerprint density at radius 1 is 0.431 bits per heavy atom. The summed E-state index contributed by atoms with van der Waals surface area (Å²) >= 11 is 0. The number of benzene rings is 8. The summed E-state index contributed by atoms with van der Waals surface area (Å²) in [6, 6.07) is 63.6. The van der Waals surface area contributed by atoms with Crippen molar-refractivity contribution in [3.63, 3.8) is 0 Å². The third-order valence-electron chi connectivity index (χ3n) is 13.6. The molecule has 1 atom stereocenters. The van der Waals surface area contributed by atoms with Crippen LogP contribution in [0, 0.1) is 0 Å². The van der Waals surface area contributed by atoms with Gasteiger partial charge in [0.05, 0.1) is 22.8 Å². The molecule has 65 heavy (non-hydrogen) atoms. The van der Waals surface area contributed by atoms with Crippen molar-refractivity contribution in [1.29, 1.82) is 0 Å². The number of rotatable bonds is 9. The van der Waals surface area contributed by atoms with E-state index >= 15 is 0 Å². The van der Waals surface area contributed by atoms with E-state index in [-0.39, 0.29) is 6.04 Å². The van der Waals surface area contributed by atoms with Crippen molar-refractivity contribution < 1.29 is 0 Å². The highest BCUT2D eigenvalue weighted by molar-refractivity contribution is 6.16. The van der Waals surface area contributed by atoms with Gasteiger partial charge in [-0.2, -0.15) is 0 Å². The fraction of sp³-hybridized carbons (Fsp3) is 0.0968. The first kappa shape index (κ1) is 38.8. The van der Waals surface area contributed by atoms with Crippen LogP contribution < -0.4 is 9.80 Å². The fourth-order valence-corrected chi connectivity index (χ4v) is 10.4. The van der Waals surface area contributed by atoms with E-state index < -0.39 is 0 Å². The van der Waals surface area contributed by atoms with Gasteiger partial charge in [0.2, 0.25) is 0 Å². The van der Waals surface area contributed by atoms with Crippen molar-refractivity contribution in [3.8, 4) is 16.8 Å². The van der Waals surface area contributed by atoms with Gasteiger partial charge in [0.25, 0.3) is 0 Å². The maximum Gasteiger partial charge on any atom is 0.0559 e. The minimum absolute atomic E-state index is 0.165. The quantitative estimate of drug-likeness (QED) is 0.134. The number of hydrogen-bond donors (Lipinski definition) is 0. The van der Waals surface area contributed by atoms with Crippen molar-refractivity contribution in [1.82, 2.24) is 4.57 Å². The SMILES string of the molecule is C1=CCCC(c2ccc(N(C3=CC=CCC3)c3ccc4c(c3)c3cc(N(c5ccc(-c6ccccc6)cc5)C5C=CC=CC5)ccc3n4-c3cc4ccccc4c4ccccc34)cc2)=C1. The van der Waals surface area contributed by atoms with Gasteiger partial charge in [0.1, 0.15) is 0 Å². The Hall–Kier alpha value is -7.88. The van der Waals surface area contributed by atoms with Crippen molar-refractivity contribution >= 4 is 71.7 Å². The van der Waals surface area contributed by atoms with Gasteiger partial charge < -0.3 is 14.4 Å². The van der Waals surface area contributed by atoms with E-state index in [1.165, 1.54) is 94.1 Å². The zero-order valence-electron chi connectivity index (χ0n) is 36.4. The minimum atomic E-state index is 0.165. The van der Waals surface area contributed by atoms with E-state index in [2.05, 4.69) is 245 Å². The third-order valence-corrected chi connectivity index (χ3v) is 13.6. The molecule has 0 spiro atoms. The van der Waals surface area contributed by atoms with Crippen molar-refractivity contribution in [3.05, 3.63) is 242 Å². The molecule has 1 unspecified atom stereocenters. The molecule has 9 aromatic rings. The Labute approximate surface area is 381 Å². The van der Waals surface area contributed by atoms with Crippen LogP contribution in [0.3, 0.4) is 0 Å². The van der Waals surface area contributed by atoms with Gasteiger partial charge in [-0.15, -0.1) is 0 Å². The molecule has 0 bridgehead atoms. The molecule has 0 radical (unpaired) electrons. The lowest BCUT2D eigenvalue weighted by atomic mass is 9.97. The number of allylic oxidation sites excluding steroid dienone is 10. The molecule has 12 rings (SSSR count). The Kier molecular flexibility index (Phi) is 9.95. The molecule has 3 aliphatic rings. The first-order chi connectivity index (χ1) is 32.2. The Balaban J connectivity index is 1.08. The van der Waals surface area contributed by atoms with Crippen LogP contribution in [0.4, 0.5) is 22.7 Å². The van der Waals surface area contributed by atoms with Gasteiger partial charge in [0, 0.05) is 44.6 Å². The Bertz CT molecular complexity index is 3450. The van der Waals surface area contributed by atoms with E-state index in [1.54, 1.807) is 0 Å². The molecule has 3 nitrogen and oxygen atoms in total. The number of anilines is 4. The molecule has 0 fully saturated rings. The predicted molar refractivity (Wildman–Crippen MR) is 278 cm³/mol. The monoisotopic (exact) mass is 835 g/mol. The molecular formula is C62H49N3. The Morgan fingerprint density at radius 3 is 1.78 bits per heavy atom. The largest absolute Gasteiger partial charge is 0.334 e.